The standard InChI is InChI=1S/C6H16N2O7P2/c7-3-5(9)4(8)1-2-6(16(10,11)12)17(13,14)15/h4,6H,1-3,7-8H2,(H2,10,11,12)(H2,13,14,15). The van der Waals surface area contributed by atoms with E-state index in [4.69, 9.17) is 31.0 Å². The molecule has 0 aromatic heterocycles. The first-order chi connectivity index (χ1) is 7.50. The summed E-state index contributed by atoms with van der Waals surface area (Å²) in [5.74, 6) is -0.542. The highest BCUT2D eigenvalue weighted by atomic mass is 31.2. The van der Waals surface area contributed by atoms with E-state index < -0.39 is 38.8 Å². The van der Waals surface area contributed by atoms with E-state index >= 15 is 0 Å². The molecule has 0 aliphatic rings. The Balaban J connectivity index is 4.66. The quantitative estimate of drug-likeness (QED) is 0.297. The number of carbonyl (C=O) groups is 1. The van der Waals surface area contributed by atoms with Crippen LogP contribution in [0.4, 0.5) is 0 Å². The van der Waals surface area contributed by atoms with E-state index in [0.717, 1.165) is 0 Å². The summed E-state index contributed by atoms with van der Waals surface area (Å²) >= 11 is 0. The van der Waals surface area contributed by atoms with Crippen molar-refractivity contribution < 1.29 is 33.5 Å². The highest BCUT2D eigenvalue weighted by Gasteiger charge is 2.43. The summed E-state index contributed by atoms with van der Waals surface area (Å²) in [6.45, 7) is -0.336. The molecule has 17 heavy (non-hydrogen) atoms. The molecule has 11 heteroatoms. The summed E-state index contributed by atoms with van der Waals surface area (Å²) in [5.41, 5.74) is 10.3. The molecule has 9 nitrogen and oxygen atoms in total. The second-order valence-corrected chi connectivity index (χ2v) is 7.52. The molecule has 0 amide bonds. The van der Waals surface area contributed by atoms with Crippen molar-refractivity contribution in [1.29, 1.82) is 0 Å². The number of rotatable bonds is 7. The number of Topliss-reactive ketones (excluding diaryl/α,β-unsaturated/α-hetero) is 1. The molecule has 0 saturated heterocycles. The zero-order valence-electron chi connectivity index (χ0n) is 8.84. The molecule has 0 saturated carbocycles. The van der Waals surface area contributed by atoms with Gasteiger partial charge in [0.1, 0.15) is 0 Å². The van der Waals surface area contributed by atoms with Gasteiger partial charge in [-0.3, -0.25) is 13.9 Å². The van der Waals surface area contributed by atoms with Crippen molar-refractivity contribution in [3.8, 4) is 0 Å². The van der Waals surface area contributed by atoms with Crippen LogP contribution < -0.4 is 11.5 Å². The number of hydrogen-bond donors (Lipinski definition) is 6. The molecule has 0 bridgehead atoms. The summed E-state index contributed by atoms with van der Waals surface area (Å²) in [5, 5.41) is -2.13. The van der Waals surface area contributed by atoms with Crippen LogP contribution in [0.5, 0.6) is 0 Å². The van der Waals surface area contributed by atoms with E-state index in [1.54, 1.807) is 0 Å². The smallest absolute Gasteiger partial charge is 0.324 e. The molecular formula is C6H16N2O7P2. The number of nitrogens with two attached hydrogens (primary N) is 2. The molecule has 0 aliphatic heterocycles. The van der Waals surface area contributed by atoms with Gasteiger partial charge >= 0.3 is 15.2 Å². The largest absolute Gasteiger partial charge is 0.340 e. The van der Waals surface area contributed by atoms with Gasteiger partial charge < -0.3 is 31.0 Å². The SMILES string of the molecule is NCC(=O)C(N)CCC(P(=O)(O)O)P(=O)(O)O. The highest BCUT2D eigenvalue weighted by molar-refractivity contribution is 7.70. The zero-order valence-corrected chi connectivity index (χ0v) is 10.6. The van der Waals surface area contributed by atoms with Crippen molar-refractivity contribution in [2.45, 2.75) is 24.3 Å². The van der Waals surface area contributed by atoms with Crippen molar-refractivity contribution in [2.75, 3.05) is 6.54 Å². The summed E-state index contributed by atoms with van der Waals surface area (Å²) < 4.78 is 21.8. The number of hydrogen-bond acceptors (Lipinski definition) is 5. The van der Waals surface area contributed by atoms with Crippen molar-refractivity contribution in [3.63, 3.8) is 0 Å². The maximum atomic E-state index is 11.0. The Hall–Kier alpha value is -0.110. The lowest BCUT2D eigenvalue weighted by atomic mass is 10.1. The van der Waals surface area contributed by atoms with Crippen LogP contribution >= 0.6 is 15.2 Å². The van der Waals surface area contributed by atoms with Crippen molar-refractivity contribution in [3.05, 3.63) is 0 Å². The Morgan fingerprint density at radius 1 is 1.06 bits per heavy atom. The first kappa shape index (κ1) is 16.9. The minimum absolute atomic E-state index is 0.253. The Labute approximate surface area is 97.5 Å². The van der Waals surface area contributed by atoms with Crippen molar-refractivity contribution in [1.82, 2.24) is 0 Å². The Morgan fingerprint density at radius 2 is 1.47 bits per heavy atom. The second-order valence-electron chi connectivity index (χ2n) is 3.51. The Morgan fingerprint density at radius 3 is 1.76 bits per heavy atom. The first-order valence-corrected chi connectivity index (χ1v) is 7.95. The lowest BCUT2D eigenvalue weighted by Crippen LogP contribution is -2.36. The molecule has 0 spiro atoms. The van der Waals surface area contributed by atoms with Crippen LogP contribution in [0.3, 0.4) is 0 Å². The van der Waals surface area contributed by atoms with Crippen LogP contribution in [0.25, 0.3) is 0 Å². The van der Waals surface area contributed by atoms with E-state index in [2.05, 4.69) is 0 Å². The van der Waals surface area contributed by atoms with Crippen LogP contribution in [0.2, 0.25) is 0 Å². The summed E-state index contributed by atoms with van der Waals surface area (Å²) in [4.78, 5) is 46.1. The van der Waals surface area contributed by atoms with Crippen LogP contribution in [-0.4, -0.2) is 43.3 Å². The first-order valence-electron chi connectivity index (χ1n) is 4.59. The fraction of sp³-hybridized carbons (Fsp3) is 0.833. The summed E-state index contributed by atoms with van der Waals surface area (Å²) in [6, 6.07) is -1.08. The average molecular weight is 290 g/mol. The molecule has 1 atom stereocenters. The zero-order chi connectivity index (χ0) is 13.9. The van der Waals surface area contributed by atoms with Gasteiger partial charge in [-0.15, -0.1) is 0 Å². The van der Waals surface area contributed by atoms with Gasteiger partial charge in [-0.05, 0) is 12.8 Å². The van der Waals surface area contributed by atoms with E-state index in [0.29, 0.717) is 0 Å². The average Bonchev–Trinajstić information content (AvgIpc) is 2.12. The van der Waals surface area contributed by atoms with Gasteiger partial charge in [0.25, 0.3) is 0 Å². The predicted molar refractivity (Wildman–Crippen MR) is 59.1 cm³/mol. The van der Waals surface area contributed by atoms with Crippen LogP contribution in [0, 0.1) is 0 Å². The van der Waals surface area contributed by atoms with Crippen LogP contribution in [0.1, 0.15) is 12.8 Å². The molecule has 0 heterocycles. The molecule has 0 aromatic carbocycles. The monoisotopic (exact) mass is 290 g/mol. The molecular weight excluding hydrogens is 274 g/mol. The molecule has 102 valence electrons. The Bertz CT molecular complexity index is 339. The van der Waals surface area contributed by atoms with Gasteiger partial charge in [0.15, 0.2) is 11.2 Å². The summed E-state index contributed by atoms with van der Waals surface area (Å²) in [7, 11) is -9.91. The van der Waals surface area contributed by atoms with E-state index in [1.165, 1.54) is 0 Å². The number of ketones is 1. The van der Waals surface area contributed by atoms with Crippen LogP contribution in [-0.2, 0) is 13.9 Å². The molecule has 8 N–H and O–H groups in total. The topological polar surface area (TPSA) is 184 Å². The Kier molecular flexibility index (Phi) is 6.13. The fourth-order valence-corrected chi connectivity index (χ4v) is 3.71. The van der Waals surface area contributed by atoms with Gasteiger partial charge in [0.2, 0.25) is 0 Å². The van der Waals surface area contributed by atoms with Gasteiger partial charge in [-0.2, -0.15) is 0 Å². The number of carbonyl (C=O) groups excluding carboxylic acids is 1. The third-order valence-electron chi connectivity index (χ3n) is 2.13. The van der Waals surface area contributed by atoms with Gasteiger partial charge in [0, 0.05) is 0 Å². The minimum Gasteiger partial charge on any atom is -0.324 e. The predicted octanol–water partition coefficient (Wildman–Crippen LogP) is -1.70. The lowest BCUT2D eigenvalue weighted by Gasteiger charge is -2.20. The van der Waals surface area contributed by atoms with E-state index in [9.17, 15) is 13.9 Å². The maximum absolute atomic E-state index is 11.0. The minimum atomic E-state index is -4.95. The van der Waals surface area contributed by atoms with Crippen molar-refractivity contribution >= 4 is 21.0 Å². The van der Waals surface area contributed by atoms with E-state index in [1.807, 2.05) is 0 Å². The van der Waals surface area contributed by atoms with E-state index in [-0.39, 0.29) is 13.0 Å². The molecule has 0 rings (SSSR count). The third kappa shape index (κ3) is 5.85. The van der Waals surface area contributed by atoms with Gasteiger partial charge in [-0.1, -0.05) is 0 Å². The molecule has 0 radical (unpaired) electrons. The van der Waals surface area contributed by atoms with Gasteiger partial charge in [-0.25, -0.2) is 0 Å². The molecule has 0 fully saturated rings. The second kappa shape index (κ2) is 6.17. The molecule has 0 aromatic rings. The third-order valence-corrected chi connectivity index (χ3v) is 6.00. The lowest BCUT2D eigenvalue weighted by molar-refractivity contribution is -0.119. The maximum Gasteiger partial charge on any atom is 0.340 e. The molecule has 0 aliphatic carbocycles. The van der Waals surface area contributed by atoms with Gasteiger partial charge in [0.05, 0.1) is 12.6 Å². The van der Waals surface area contributed by atoms with Crippen molar-refractivity contribution in [2.24, 2.45) is 11.5 Å². The normalized spacial score (nSPS) is 15.0. The highest BCUT2D eigenvalue weighted by Crippen LogP contribution is 2.61. The van der Waals surface area contributed by atoms with Crippen LogP contribution in [0.15, 0.2) is 0 Å². The summed E-state index contributed by atoms with van der Waals surface area (Å²) in [6.07, 6.45) is -0.807. The molecule has 1 unspecified atom stereocenters. The fourth-order valence-electron chi connectivity index (χ4n) is 1.17.